The van der Waals surface area contributed by atoms with Gasteiger partial charge < -0.3 is 5.32 Å². The van der Waals surface area contributed by atoms with Crippen LogP contribution in [0.3, 0.4) is 0 Å². The summed E-state index contributed by atoms with van der Waals surface area (Å²) in [5, 5.41) is 3.53. The number of anilines is 1. The van der Waals surface area contributed by atoms with Crippen LogP contribution in [0.15, 0.2) is 78.9 Å². The molecule has 0 spiro atoms. The standard InChI is InChI=1S/C24H26N2S/c1-2-4-22(5-3-1)23-10-6-20(7-11-23)18-25-24-12-8-21(9-13-24)19-26-14-16-27-17-15-26/h1-13,25H,14-19H2. The van der Waals surface area contributed by atoms with Gasteiger partial charge in [-0.1, -0.05) is 66.7 Å². The van der Waals surface area contributed by atoms with Crippen LogP contribution in [-0.2, 0) is 13.1 Å². The summed E-state index contributed by atoms with van der Waals surface area (Å²) in [5.74, 6) is 2.53. The first-order valence-corrected chi connectivity index (χ1v) is 10.8. The van der Waals surface area contributed by atoms with Crippen LogP contribution in [0.4, 0.5) is 5.69 Å². The SMILES string of the molecule is c1ccc(-c2ccc(CNc3ccc(CN4CCSCC4)cc3)cc2)cc1. The highest BCUT2D eigenvalue weighted by atomic mass is 32.2. The first kappa shape index (κ1) is 18.1. The van der Waals surface area contributed by atoms with Crippen LogP contribution in [-0.4, -0.2) is 29.5 Å². The van der Waals surface area contributed by atoms with Crippen molar-refractivity contribution in [3.05, 3.63) is 90.0 Å². The smallest absolute Gasteiger partial charge is 0.0400 e. The van der Waals surface area contributed by atoms with E-state index in [1.165, 1.54) is 52.5 Å². The average Bonchev–Trinajstić information content (AvgIpc) is 2.75. The van der Waals surface area contributed by atoms with E-state index in [4.69, 9.17) is 0 Å². The molecular formula is C24H26N2S. The minimum atomic E-state index is 0.845. The van der Waals surface area contributed by atoms with E-state index in [-0.39, 0.29) is 0 Å². The Labute approximate surface area is 166 Å². The van der Waals surface area contributed by atoms with Gasteiger partial charge in [0.05, 0.1) is 0 Å². The van der Waals surface area contributed by atoms with Gasteiger partial charge in [0.2, 0.25) is 0 Å². The van der Waals surface area contributed by atoms with E-state index in [1.807, 2.05) is 0 Å². The van der Waals surface area contributed by atoms with Crippen molar-refractivity contribution < 1.29 is 0 Å². The fourth-order valence-corrected chi connectivity index (χ4v) is 4.37. The third-order valence-electron chi connectivity index (χ3n) is 5.02. The molecule has 3 heteroatoms. The summed E-state index contributed by atoms with van der Waals surface area (Å²) in [6.07, 6.45) is 0. The lowest BCUT2D eigenvalue weighted by Gasteiger charge is -2.26. The molecule has 1 heterocycles. The molecule has 0 radical (unpaired) electrons. The highest BCUT2D eigenvalue weighted by Crippen LogP contribution is 2.20. The van der Waals surface area contributed by atoms with Crippen LogP contribution in [0.25, 0.3) is 11.1 Å². The van der Waals surface area contributed by atoms with Crippen LogP contribution in [0, 0.1) is 0 Å². The first-order chi connectivity index (χ1) is 13.4. The molecule has 3 aromatic carbocycles. The predicted octanol–water partition coefficient (Wildman–Crippen LogP) is 5.51. The number of hydrogen-bond acceptors (Lipinski definition) is 3. The van der Waals surface area contributed by atoms with Gasteiger partial charge in [0.25, 0.3) is 0 Å². The van der Waals surface area contributed by atoms with Gasteiger partial charge >= 0.3 is 0 Å². The second-order valence-corrected chi connectivity index (χ2v) is 8.23. The average molecular weight is 375 g/mol. The number of hydrogen-bond donors (Lipinski definition) is 1. The van der Waals surface area contributed by atoms with E-state index in [0.29, 0.717) is 0 Å². The Balaban J connectivity index is 1.30. The lowest BCUT2D eigenvalue weighted by Crippen LogP contribution is -2.31. The Morgan fingerprint density at radius 1 is 0.704 bits per heavy atom. The van der Waals surface area contributed by atoms with Crippen LogP contribution < -0.4 is 5.32 Å². The van der Waals surface area contributed by atoms with Gasteiger partial charge in [0, 0.05) is 43.4 Å². The molecule has 1 saturated heterocycles. The zero-order chi connectivity index (χ0) is 18.3. The molecule has 1 aliphatic heterocycles. The summed E-state index contributed by atoms with van der Waals surface area (Å²) < 4.78 is 0. The molecule has 1 fully saturated rings. The molecule has 0 aliphatic carbocycles. The van der Waals surface area contributed by atoms with Crippen molar-refractivity contribution in [2.24, 2.45) is 0 Å². The minimum absolute atomic E-state index is 0.845. The maximum absolute atomic E-state index is 3.53. The van der Waals surface area contributed by atoms with Crippen molar-refractivity contribution >= 4 is 17.4 Å². The van der Waals surface area contributed by atoms with Gasteiger partial charge in [-0.05, 0) is 34.4 Å². The van der Waals surface area contributed by atoms with E-state index < -0.39 is 0 Å². The highest BCUT2D eigenvalue weighted by molar-refractivity contribution is 7.99. The molecule has 27 heavy (non-hydrogen) atoms. The maximum atomic E-state index is 3.53. The topological polar surface area (TPSA) is 15.3 Å². The van der Waals surface area contributed by atoms with Gasteiger partial charge in [-0.25, -0.2) is 0 Å². The van der Waals surface area contributed by atoms with Gasteiger partial charge in [-0.2, -0.15) is 11.8 Å². The van der Waals surface area contributed by atoms with Crippen LogP contribution in [0.2, 0.25) is 0 Å². The number of benzene rings is 3. The number of rotatable bonds is 6. The van der Waals surface area contributed by atoms with E-state index in [2.05, 4.69) is 101 Å². The number of nitrogens with zero attached hydrogens (tertiary/aromatic N) is 1. The molecular weight excluding hydrogens is 348 g/mol. The van der Waals surface area contributed by atoms with Gasteiger partial charge in [0.15, 0.2) is 0 Å². The van der Waals surface area contributed by atoms with Crippen LogP contribution >= 0.6 is 11.8 Å². The zero-order valence-corrected chi connectivity index (χ0v) is 16.4. The van der Waals surface area contributed by atoms with Crippen molar-refractivity contribution in [2.45, 2.75) is 13.1 Å². The van der Waals surface area contributed by atoms with Crippen molar-refractivity contribution in [2.75, 3.05) is 29.9 Å². The summed E-state index contributed by atoms with van der Waals surface area (Å²) >= 11 is 2.06. The summed E-state index contributed by atoms with van der Waals surface area (Å²) in [6, 6.07) is 28.2. The summed E-state index contributed by atoms with van der Waals surface area (Å²) in [7, 11) is 0. The van der Waals surface area contributed by atoms with Crippen molar-refractivity contribution in [3.8, 4) is 11.1 Å². The highest BCUT2D eigenvalue weighted by Gasteiger charge is 2.10. The number of thioether (sulfide) groups is 1. The normalized spacial score (nSPS) is 14.8. The minimum Gasteiger partial charge on any atom is -0.381 e. The molecule has 0 atom stereocenters. The monoisotopic (exact) mass is 374 g/mol. The third kappa shape index (κ3) is 5.15. The molecule has 3 aromatic rings. The molecule has 0 saturated carbocycles. The lowest BCUT2D eigenvalue weighted by atomic mass is 10.0. The van der Waals surface area contributed by atoms with E-state index in [1.54, 1.807) is 0 Å². The lowest BCUT2D eigenvalue weighted by molar-refractivity contribution is 0.294. The van der Waals surface area contributed by atoms with Crippen LogP contribution in [0.5, 0.6) is 0 Å². The Kier molecular flexibility index (Phi) is 6.13. The second-order valence-electron chi connectivity index (χ2n) is 7.00. The second kappa shape index (κ2) is 9.12. The fourth-order valence-electron chi connectivity index (χ4n) is 3.40. The van der Waals surface area contributed by atoms with E-state index >= 15 is 0 Å². The van der Waals surface area contributed by atoms with E-state index in [0.717, 1.165) is 13.1 Å². The van der Waals surface area contributed by atoms with Crippen molar-refractivity contribution in [3.63, 3.8) is 0 Å². The van der Waals surface area contributed by atoms with Crippen LogP contribution in [0.1, 0.15) is 11.1 Å². The van der Waals surface area contributed by atoms with Gasteiger partial charge in [-0.3, -0.25) is 4.90 Å². The molecule has 0 bridgehead atoms. The van der Waals surface area contributed by atoms with Crippen molar-refractivity contribution in [1.82, 2.24) is 4.90 Å². The quantitative estimate of drug-likeness (QED) is 0.612. The Hall–Kier alpha value is -2.23. The largest absolute Gasteiger partial charge is 0.381 e. The molecule has 0 unspecified atom stereocenters. The molecule has 0 aromatic heterocycles. The molecule has 1 aliphatic rings. The molecule has 138 valence electrons. The molecule has 1 N–H and O–H groups in total. The first-order valence-electron chi connectivity index (χ1n) is 9.64. The Morgan fingerprint density at radius 3 is 2.04 bits per heavy atom. The Morgan fingerprint density at radius 2 is 1.33 bits per heavy atom. The molecule has 0 amide bonds. The fraction of sp³-hybridized carbons (Fsp3) is 0.250. The van der Waals surface area contributed by atoms with Crippen molar-refractivity contribution in [1.29, 1.82) is 0 Å². The maximum Gasteiger partial charge on any atom is 0.0400 e. The molecule has 4 rings (SSSR count). The predicted molar refractivity (Wildman–Crippen MR) is 118 cm³/mol. The third-order valence-corrected chi connectivity index (χ3v) is 5.96. The number of nitrogens with one attached hydrogen (secondary N) is 1. The van der Waals surface area contributed by atoms with Gasteiger partial charge in [-0.15, -0.1) is 0 Å². The van der Waals surface area contributed by atoms with E-state index in [9.17, 15) is 0 Å². The Bertz CT molecular complexity index is 823. The summed E-state index contributed by atoms with van der Waals surface area (Å²) in [5.41, 5.74) is 6.41. The molecule has 2 nitrogen and oxygen atoms in total. The van der Waals surface area contributed by atoms with Gasteiger partial charge in [0.1, 0.15) is 0 Å². The zero-order valence-electron chi connectivity index (χ0n) is 15.6. The summed E-state index contributed by atoms with van der Waals surface area (Å²) in [6.45, 7) is 4.34. The summed E-state index contributed by atoms with van der Waals surface area (Å²) in [4.78, 5) is 2.55.